The zero-order chi connectivity index (χ0) is 16.0. The number of amides is 2. The predicted octanol–water partition coefficient (Wildman–Crippen LogP) is 0.626. The number of likely N-dealkylation sites (N-methyl/N-ethyl adjacent to an activating group) is 1. The lowest BCUT2D eigenvalue weighted by atomic mass is 10.2. The van der Waals surface area contributed by atoms with Crippen molar-refractivity contribution in [3.05, 3.63) is 28.8 Å². The van der Waals surface area contributed by atoms with E-state index in [1.54, 1.807) is 12.1 Å². The molecule has 6 heteroatoms. The molecule has 116 valence electrons. The maximum absolute atomic E-state index is 11.9. The summed E-state index contributed by atoms with van der Waals surface area (Å²) in [5, 5.41) is 6.20. The summed E-state index contributed by atoms with van der Waals surface area (Å²) in [5.74, 6) is -0.210. The highest BCUT2D eigenvalue weighted by molar-refractivity contribution is 6.31. The van der Waals surface area contributed by atoms with Crippen LogP contribution in [0.2, 0.25) is 5.02 Å². The van der Waals surface area contributed by atoms with Gasteiger partial charge >= 0.3 is 0 Å². The van der Waals surface area contributed by atoms with Gasteiger partial charge in [0.2, 0.25) is 0 Å². The van der Waals surface area contributed by atoms with E-state index in [9.17, 15) is 9.59 Å². The van der Waals surface area contributed by atoms with Crippen LogP contribution in [0.15, 0.2) is 18.2 Å². The van der Waals surface area contributed by atoms with E-state index < -0.39 is 0 Å². The van der Waals surface area contributed by atoms with Gasteiger partial charge in [-0.05, 0) is 38.5 Å². The Bertz CT molecular complexity index is 518. The molecule has 0 heterocycles. The van der Waals surface area contributed by atoms with Gasteiger partial charge in [0.05, 0.1) is 7.05 Å². The van der Waals surface area contributed by atoms with E-state index in [0.717, 1.165) is 10.5 Å². The molecule has 0 bridgehead atoms. The normalized spacial score (nSPS) is 12.1. The van der Waals surface area contributed by atoms with E-state index in [4.69, 9.17) is 11.6 Å². The van der Waals surface area contributed by atoms with Crippen molar-refractivity contribution in [3.8, 4) is 0 Å². The largest absolute Gasteiger partial charge is 0.349 e. The number of carbonyl (C=O) groups is 2. The van der Waals surface area contributed by atoms with Crippen molar-refractivity contribution in [2.75, 3.05) is 25.5 Å². The van der Waals surface area contributed by atoms with Gasteiger partial charge in [0.15, 0.2) is 13.1 Å². The molecule has 0 saturated carbocycles. The first-order chi connectivity index (χ1) is 9.77. The molecular formula is C15H23ClN3O2+. The predicted molar refractivity (Wildman–Crippen MR) is 84.7 cm³/mol. The van der Waals surface area contributed by atoms with Gasteiger partial charge in [0.25, 0.3) is 11.8 Å². The number of carbonyl (C=O) groups excluding carboxylic acids is 2. The number of benzene rings is 1. The van der Waals surface area contributed by atoms with Crippen LogP contribution in [-0.2, 0) is 9.59 Å². The molecule has 1 atom stereocenters. The molecule has 0 spiro atoms. The van der Waals surface area contributed by atoms with Gasteiger partial charge in [-0.15, -0.1) is 0 Å². The van der Waals surface area contributed by atoms with E-state index >= 15 is 0 Å². The molecule has 1 aromatic rings. The minimum atomic E-state index is -0.148. The highest BCUT2D eigenvalue weighted by atomic mass is 35.5. The third-order valence-corrected chi connectivity index (χ3v) is 3.24. The van der Waals surface area contributed by atoms with Gasteiger partial charge in [-0.2, -0.15) is 0 Å². The number of rotatable bonds is 6. The van der Waals surface area contributed by atoms with Crippen molar-refractivity contribution >= 4 is 29.1 Å². The van der Waals surface area contributed by atoms with Gasteiger partial charge in [0.1, 0.15) is 0 Å². The summed E-state index contributed by atoms with van der Waals surface area (Å²) in [6.45, 7) is 6.19. The lowest BCUT2D eigenvalue weighted by Gasteiger charge is -2.15. The fourth-order valence-electron chi connectivity index (χ4n) is 1.86. The molecule has 1 rings (SSSR count). The average Bonchev–Trinajstić information content (AvgIpc) is 2.32. The van der Waals surface area contributed by atoms with E-state index in [2.05, 4.69) is 10.6 Å². The van der Waals surface area contributed by atoms with Crippen LogP contribution in [0.1, 0.15) is 19.4 Å². The van der Waals surface area contributed by atoms with Crippen LogP contribution in [0, 0.1) is 6.92 Å². The van der Waals surface area contributed by atoms with Crippen LogP contribution in [-0.4, -0.2) is 38.0 Å². The zero-order valence-corrected chi connectivity index (χ0v) is 13.7. The number of aryl methyl sites for hydroxylation is 1. The molecule has 0 saturated heterocycles. The van der Waals surface area contributed by atoms with Crippen molar-refractivity contribution in [2.24, 2.45) is 0 Å². The first-order valence-electron chi connectivity index (χ1n) is 6.94. The molecule has 5 nitrogen and oxygen atoms in total. The summed E-state index contributed by atoms with van der Waals surface area (Å²) in [4.78, 5) is 24.3. The number of nitrogens with one attached hydrogen (secondary N) is 3. The quantitative estimate of drug-likeness (QED) is 0.721. The van der Waals surface area contributed by atoms with Crippen molar-refractivity contribution in [1.29, 1.82) is 0 Å². The van der Waals surface area contributed by atoms with Gasteiger partial charge in [-0.1, -0.05) is 17.7 Å². The number of quaternary nitrogens is 1. The van der Waals surface area contributed by atoms with Crippen LogP contribution < -0.4 is 15.5 Å². The second-order valence-corrected chi connectivity index (χ2v) is 5.95. The highest BCUT2D eigenvalue weighted by Gasteiger charge is 2.14. The van der Waals surface area contributed by atoms with E-state index in [0.29, 0.717) is 10.7 Å². The Morgan fingerprint density at radius 2 is 1.86 bits per heavy atom. The lowest BCUT2D eigenvalue weighted by molar-refractivity contribution is -0.862. The minimum absolute atomic E-state index is 0.0614. The summed E-state index contributed by atoms with van der Waals surface area (Å²) in [5.41, 5.74) is 1.62. The van der Waals surface area contributed by atoms with Crippen LogP contribution in [0.3, 0.4) is 0 Å². The molecule has 0 aliphatic rings. The van der Waals surface area contributed by atoms with E-state index in [1.807, 2.05) is 33.9 Å². The molecular weight excluding hydrogens is 290 g/mol. The van der Waals surface area contributed by atoms with Gasteiger partial charge in [-0.3, -0.25) is 9.59 Å². The maximum Gasteiger partial charge on any atom is 0.279 e. The average molecular weight is 313 g/mol. The molecule has 0 aliphatic heterocycles. The second kappa shape index (κ2) is 8.00. The maximum atomic E-state index is 11.9. The fourth-order valence-corrected chi connectivity index (χ4v) is 2.04. The standard InChI is InChI=1S/C15H22ClN3O2/c1-10(2)17-14(20)8-19(4)9-15(21)18-12-6-5-11(3)13(16)7-12/h5-7,10H,8-9H2,1-4H3,(H,17,20)(H,18,21)/p+1. The minimum Gasteiger partial charge on any atom is -0.349 e. The van der Waals surface area contributed by atoms with Crippen molar-refractivity contribution in [3.63, 3.8) is 0 Å². The molecule has 3 N–H and O–H groups in total. The number of anilines is 1. The molecule has 1 unspecified atom stereocenters. The topological polar surface area (TPSA) is 62.6 Å². The number of halogens is 1. The Labute approximate surface area is 130 Å². The Kier molecular flexibility index (Phi) is 6.65. The smallest absolute Gasteiger partial charge is 0.279 e. The summed E-state index contributed by atoms with van der Waals surface area (Å²) in [6.07, 6.45) is 0. The summed E-state index contributed by atoms with van der Waals surface area (Å²) < 4.78 is 0. The third-order valence-electron chi connectivity index (χ3n) is 2.83. The van der Waals surface area contributed by atoms with Gasteiger partial charge < -0.3 is 15.5 Å². The van der Waals surface area contributed by atoms with Crippen LogP contribution >= 0.6 is 11.6 Å². The molecule has 1 aromatic carbocycles. The molecule has 0 fully saturated rings. The zero-order valence-electron chi connectivity index (χ0n) is 12.9. The van der Waals surface area contributed by atoms with Crippen molar-refractivity contribution < 1.29 is 14.5 Å². The Morgan fingerprint density at radius 3 is 2.43 bits per heavy atom. The molecule has 0 aliphatic carbocycles. The van der Waals surface area contributed by atoms with Crippen LogP contribution in [0.25, 0.3) is 0 Å². The van der Waals surface area contributed by atoms with Crippen LogP contribution in [0.5, 0.6) is 0 Å². The lowest BCUT2D eigenvalue weighted by Crippen LogP contribution is -3.11. The fraction of sp³-hybridized carbons (Fsp3) is 0.467. The van der Waals surface area contributed by atoms with Gasteiger partial charge in [-0.25, -0.2) is 0 Å². The van der Waals surface area contributed by atoms with Gasteiger partial charge in [0, 0.05) is 16.8 Å². The Hall–Kier alpha value is -1.59. The molecule has 2 amide bonds. The summed E-state index contributed by atoms with van der Waals surface area (Å²) in [6, 6.07) is 5.48. The number of hydrogen-bond acceptors (Lipinski definition) is 2. The van der Waals surface area contributed by atoms with E-state index in [1.165, 1.54) is 0 Å². The van der Waals surface area contributed by atoms with E-state index in [-0.39, 0.29) is 30.9 Å². The first kappa shape index (κ1) is 17.5. The Balaban J connectivity index is 2.45. The monoisotopic (exact) mass is 312 g/mol. The van der Waals surface area contributed by atoms with Crippen LogP contribution in [0.4, 0.5) is 5.69 Å². The SMILES string of the molecule is Cc1ccc(NC(=O)C[NH+](C)CC(=O)NC(C)C)cc1Cl. The summed E-state index contributed by atoms with van der Waals surface area (Å²) in [7, 11) is 1.81. The number of hydrogen-bond donors (Lipinski definition) is 3. The molecule has 0 aromatic heterocycles. The first-order valence-corrected chi connectivity index (χ1v) is 7.32. The molecule has 0 radical (unpaired) electrons. The second-order valence-electron chi connectivity index (χ2n) is 5.55. The molecule has 21 heavy (non-hydrogen) atoms. The van der Waals surface area contributed by atoms with Crippen molar-refractivity contribution in [2.45, 2.75) is 26.8 Å². The van der Waals surface area contributed by atoms with Crippen molar-refractivity contribution in [1.82, 2.24) is 5.32 Å². The highest BCUT2D eigenvalue weighted by Crippen LogP contribution is 2.19. The third kappa shape index (κ3) is 6.60. The Morgan fingerprint density at radius 1 is 1.24 bits per heavy atom. The summed E-state index contributed by atoms with van der Waals surface area (Å²) >= 11 is 6.01.